The van der Waals surface area contributed by atoms with Gasteiger partial charge in [-0.15, -0.1) is 0 Å². The van der Waals surface area contributed by atoms with E-state index < -0.39 is 6.10 Å². The predicted molar refractivity (Wildman–Crippen MR) is 81.3 cm³/mol. The molecule has 0 radical (unpaired) electrons. The maximum absolute atomic E-state index is 11.7. The molecule has 1 aliphatic rings. The van der Waals surface area contributed by atoms with E-state index in [-0.39, 0.29) is 11.9 Å². The Morgan fingerprint density at radius 2 is 1.77 bits per heavy atom. The van der Waals surface area contributed by atoms with Crippen molar-refractivity contribution >= 4 is 11.9 Å². The molecule has 1 heterocycles. The molecule has 0 unspecified atom stereocenters. The lowest BCUT2D eigenvalue weighted by Crippen LogP contribution is -2.50. The highest BCUT2D eigenvalue weighted by Crippen LogP contribution is 2.11. The van der Waals surface area contributed by atoms with Gasteiger partial charge >= 0.3 is 5.97 Å². The summed E-state index contributed by atoms with van der Waals surface area (Å²) in [6.07, 6.45) is -0.933. The molecular formula is C16H22N2O4. The largest absolute Gasteiger partial charge is 0.465 e. The quantitative estimate of drug-likeness (QED) is 0.820. The number of benzene rings is 1. The van der Waals surface area contributed by atoms with Gasteiger partial charge in [-0.3, -0.25) is 9.69 Å². The zero-order valence-electron chi connectivity index (χ0n) is 13.0. The zero-order valence-corrected chi connectivity index (χ0v) is 13.0. The number of nitrogens with zero attached hydrogens (tertiary/aromatic N) is 2. The number of rotatable bonds is 4. The summed E-state index contributed by atoms with van der Waals surface area (Å²) >= 11 is 0. The van der Waals surface area contributed by atoms with Crippen LogP contribution < -0.4 is 0 Å². The van der Waals surface area contributed by atoms with Crippen molar-refractivity contribution in [3.63, 3.8) is 0 Å². The first-order chi connectivity index (χ1) is 10.5. The molecule has 0 spiro atoms. The molecule has 0 aromatic heterocycles. The van der Waals surface area contributed by atoms with E-state index >= 15 is 0 Å². The van der Waals surface area contributed by atoms with Crippen LogP contribution in [0.25, 0.3) is 0 Å². The number of aliphatic hydroxyl groups excluding tert-OH is 1. The van der Waals surface area contributed by atoms with E-state index in [1.165, 1.54) is 14.0 Å². The molecule has 120 valence electrons. The number of hydrogen-bond acceptors (Lipinski definition) is 5. The highest BCUT2D eigenvalue weighted by atomic mass is 16.5. The average molecular weight is 306 g/mol. The zero-order chi connectivity index (χ0) is 16.1. The second-order valence-corrected chi connectivity index (χ2v) is 5.47. The van der Waals surface area contributed by atoms with Crippen LogP contribution in [0, 0.1) is 0 Å². The summed E-state index contributed by atoms with van der Waals surface area (Å²) in [7, 11) is 1.37. The second kappa shape index (κ2) is 7.38. The number of ether oxygens (including phenoxy) is 1. The number of methoxy groups -OCH3 is 1. The maximum Gasteiger partial charge on any atom is 0.337 e. The third-order valence-corrected chi connectivity index (χ3v) is 3.82. The summed E-state index contributed by atoms with van der Waals surface area (Å²) in [6, 6.07) is 7.35. The Hall–Kier alpha value is -1.92. The van der Waals surface area contributed by atoms with Crippen molar-refractivity contribution in [2.75, 3.05) is 33.3 Å². The molecule has 1 aromatic rings. The van der Waals surface area contributed by atoms with Gasteiger partial charge in [-0.25, -0.2) is 4.79 Å². The van der Waals surface area contributed by atoms with Gasteiger partial charge in [-0.05, 0) is 24.6 Å². The molecule has 1 saturated heterocycles. The molecule has 6 heteroatoms. The summed E-state index contributed by atoms with van der Waals surface area (Å²) in [5.41, 5.74) is 1.65. The van der Waals surface area contributed by atoms with Crippen molar-refractivity contribution in [2.45, 2.75) is 19.6 Å². The molecule has 1 fully saturated rings. The first kappa shape index (κ1) is 16.5. The van der Waals surface area contributed by atoms with Crippen molar-refractivity contribution in [2.24, 2.45) is 0 Å². The minimum Gasteiger partial charge on any atom is -0.465 e. The molecule has 6 nitrogen and oxygen atoms in total. The fraction of sp³-hybridized carbons (Fsp3) is 0.500. The van der Waals surface area contributed by atoms with Gasteiger partial charge in [0.05, 0.1) is 12.7 Å². The van der Waals surface area contributed by atoms with E-state index in [1.54, 1.807) is 17.0 Å². The third-order valence-electron chi connectivity index (χ3n) is 3.82. The predicted octanol–water partition coefficient (Wildman–Crippen LogP) is 0.498. The first-order valence-electron chi connectivity index (χ1n) is 7.37. The number of hydrogen-bond donors (Lipinski definition) is 1. The Balaban J connectivity index is 1.86. The lowest BCUT2D eigenvalue weighted by Gasteiger charge is -2.35. The van der Waals surface area contributed by atoms with Gasteiger partial charge in [0.25, 0.3) is 5.91 Å². The lowest BCUT2D eigenvalue weighted by atomic mass is 10.1. The van der Waals surface area contributed by atoms with Crippen LogP contribution >= 0.6 is 0 Å². The summed E-state index contributed by atoms with van der Waals surface area (Å²) in [6.45, 7) is 5.08. The summed E-state index contributed by atoms with van der Waals surface area (Å²) < 4.78 is 4.67. The van der Waals surface area contributed by atoms with E-state index in [4.69, 9.17) is 0 Å². The van der Waals surface area contributed by atoms with Gasteiger partial charge in [0, 0.05) is 32.7 Å². The van der Waals surface area contributed by atoms with E-state index in [2.05, 4.69) is 9.64 Å². The number of carbonyl (C=O) groups excluding carboxylic acids is 2. The van der Waals surface area contributed by atoms with Crippen molar-refractivity contribution in [1.82, 2.24) is 9.80 Å². The number of amides is 1. The van der Waals surface area contributed by atoms with Gasteiger partial charge < -0.3 is 14.7 Å². The van der Waals surface area contributed by atoms with Crippen LogP contribution in [0.4, 0.5) is 0 Å². The van der Waals surface area contributed by atoms with E-state index in [0.717, 1.165) is 25.2 Å². The van der Waals surface area contributed by atoms with Crippen molar-refractivity contribution < 1.29 is 19.4 Å². The van der Waals surface area contributed by atoms with Crippen molar-refractivity contribution in [3.05, 3.63) is 35.4 Å². The monoisotopic (exact) mass is 306 g/mol. The first-order valence-corrected chi connectivity index (χ1v) is 7.37. The van der Waals surface area contributed by atoms with Crippen molar-refractivity contribution in [3.8, 4) is 0 Å². The van der Waals surface area contributed by atoms with Gasteiger partial charge in [0.15, 0.2) is 0 Å². The van der Waals surface area contributed by atoms with Gasteiger partial charge in [-0.2, -0.15) is 0 Å². The third kappa shape index (κ3) is 4.05. The molecule has 1 aromatic carbocycles. The van der Waals surface area contributed by atoms with Crippen LogP contribution in [-0.4, -0.2) is 66.2 Å². The molecule has 0 saturated carbocycles. The smallest absolute Gasteiger partial charge is 0.337 e. The summed E-state index contributed by atoms with van der Waals surface area (Å²) in [5.74, 6) is -0.543. The molecule has 2 rings (SSSR count). The second-order valence-electron chi connectivity index (χ2n) is 5.47. The standard InChI is InChI=1S/C16H22N2O4/c1-12(19)15(20)18-9-7-17(8-10-18)11-13-3-5-14(6-4-13)16(21)22-2/h3-6,12,19H,7-11H2,1-2H3/t12-/m1/s1. The van der Waals surface area contributed by atoms with Gasteiger partial charge in [0.2, 0.25) is 0 Å². The molecule has 0 aliphatic carbocycles. The Bertz CT molecular complexity index is 519. The normalized spacial score (nSPS) is 17.1. The fourth-order valence-corrected chi connectivity index (χ4v) is 2.51. The van der Waals surface area contributed by atoms with Crippen LogP contribution in [0.5, 0.6) is 0 Å². The lowest BCUT2D eigenvalue weighted by molar-refractivity contribution is -0.141. The topological polar surface area (TPSA) is 70.1 Å². The number of esters is 1. The van der Waals surface area contributed by atoms with E-state index in [9.17, 15) is 14.7 Å². The molecule has 0 bridgehead atoms. The molecule has 1 atom stereocenters. The Kier molecular flexibility index (Phi) is 5.51. The van der Waals surface area contributed by atoms with E-state index in [1.807, 2.05) is 12.1 Å². The van der Waals surface area contributed by atoms with Crippen LogP contribution in [-0.2, 0) is 16.1 Å². The minimum absolute atomic E-state index is 0.206. The molecular weight excluding hydrogens is 284 g/mol. The average Bonchev–Trinajstić information content (AvgIpc) is 2.54. The SMILES string of the molecule is COC(=O)c1ccc(CN2CCN(C(=O)[C@@H](C)O)CC2)cc1. The number of piperazine rings is 1. The van der Waals surface area contributed by atoms with Crippen LogP contribution in [0.15, 0.2) is 24.3 Å². The van der Waals surface area contributed by atoms with Crippen LogP contribution in [0.1, 0.15) is 22.8 Å². The summed E-state index contributed by atoms with van der Waals surface area (Å²) in [5, 5.41) is 9.32. The van der Waals surface area contributed by atoms with Gasteiger partial charge in [-0.1, -0.05) is 12.1 Å². The molecule has 1 aliphatic heterocycles. The highest BCUT2D eigenvalue weighted by Gasteiger charge is 2.23. The van der Waals surface area contributed by atoms with Crippen LogP contribution in [0.2, 0.25) is 0 Å². The Morgan fingerprint density at radius 1 is 1.18 bits per heavy atom. The highest BCUT2D eigenvalue weighted by molar-refractivity contribution is 5.89. The van der Waals surface area contributed by atoms with Gasteiger partial charge in [0.1, 0.15) is 6.10 Å². The van der Waals surface area contributed by atoms with Crippen molar-refractivity contribution in [1.29, 1.82) is 0 Å². The molecule has 1 N–H and O–H groups in total. The Morgan fingerprint density at radius 3 is 2.27 bits per heavy atom. The number of aliphatic hydroxyl groups is 1. The van der Waals surface area contributed by atoms with E-state index in [0.29, 0.717) is 18.7 Å². The summed E-state index contributed by atoms with van der Waals surface area (Å²) in [4.78, 5) is 27.0. The minimum atomic E-state index is -0.933. The maximum atomic E-state index is 11.7. The Labute approximate surface area is 130 Å². The molecule has 22 heavy (non-hydrogen) atoms. The number of carbonyl (C=O) groups is 2. The fourth-order valence-electron chi connectivity index (χ4n) is 2.51. The molecule has 1 amide bonds. The van der Waals surface area contributed by atoms with Crippen LogP contribution in [0.3, 0.4) is 0 Å².